The number of carboxylic acids is 1. The Bertz CT molecular complexity index is 578. The monoisotopic (exact) mass is 260 g/mol. The van der Waals surface area contributed by atoms with Crippen molar-refractivity contribution in [2.24, 2.45) is 5.11 Å². The number of hydrogen-bond donors (Lipinski definition) is 2. The second kappa shape index (κ2) is 5.41. The maximum atomic E-state index is 11.3. The molecule has 1 amide bonds. The number of azide groups is 1. The minimum absolute atomic E-state index is 0.0713. The van der Waals surface area contributed by atoms with Crippen LogP contribution in [0.15, 0.2) is 23.3 Å². The van der Waals surface area contributed by atoms with Crippen molar-refractivity contribution in [2.75, 3.05) is 5.32 Å². The van der Waals surface area contributed by atoms with Gasteiger partial charge in [0.15, 0.2) is 0 Å². The van der Waals surface area contributed by atoms with Crippen molar-refractivity contribution in [1.82, 2.24) is 0 Å². The number of nitrogens with one attached hydrogen (secondary N) is 1. The summed E-state index contributed by atoms with van der Waals surface area (Å²) in [6.07, 6.45) is 0.461. The van der Waals surface area contributed by atoms with Gasteiger partial charge in [0, 0.05) is 17.0 Å². The zero-order chi connectivity index (χ0) is 13.8. The molecule has 19 heavy (non-hydrogen) atoms. The summed E-state index contributed by atoms with van der Waals surface area (Å²) in [5.41, 5.74) is 10.9. The van der Waals surface area contributed by atoms with Gasteiger partial charge < -0.3 is 10.4 Å². The summed E-state index contributed by atoms with van der Waals surface area (Å²) in [6.45, 7) is 0. The van der Waals surface area contributed by atoms with E-state index in [2.05, 4.69) is 15.3 Å². The number of rotatable bonds is 5. The molecule has 7 heteroatoms. The molecule has 0 aromatic heterocycles. The van der Waals surface area contributed by atoms with Crippen LogP contribution in [-0.4, -0.2) is 17.0 Å². The van der Waals surface area contributed by atoms with Crippen LogP contribution in [-0.2, 0) is 16.0 Å². The molecule has 0 bridgehead atoms. The number of nitrogens with zero attached hydrogens (tertiary/aromatic N) is 3. The molecule has 0 saturated carbocycles. The van der Waals surface area contributed by atoms with E-state index in [1.165, 1.54) is 0 Å². The van der Waals surface area contributed by atoms with Crippen LogP contribution in [0.5, 0.6) is 0 Å². The molecular formula is C12H12N4O3. The molecule has 1 atom stereocenters. The van der Waals surface area contributed by atoms with Crippen LogP contribution in [0.25, 0.3) is 10.4 Å². The zero-order valence-electron chi connectivity index (χ0n) is 10.0. The molecule has 1 unspecified atom stereocenters. The Morgan fingerprint density at radius 3 is 3.05 bits per heavy atom. The fourth-order valence-electron chi connectivity index (χ4n) is 2.07. The molecule has 1 aromatic rings. The maximum absolute atomic E-state index is 11.3. The Balaban J connectivity index is 2.22. The number of aliphatic carboxylic acids is 1. The molecule has 2 rings (SSSR count). The summed E-state index contributed by atoms with van der Waals surface area (Å²) in [5, 5.41) is 15.0. The van der Waals surface area contributed by atoms with E-state index in [4.69, 9.17) is 10.6 Å². The lowest BCUT2D eigenvalue weighted by molar-refractivity contribution is -0.137. The van der Waals surface area contributed by atoms with Crippen molar-refractivity contribution in [3.8, 4) is 0 Å². The highest BCUT2D eigenvalue weighted by molar-refractivity contribution is 5.99. The highest BCUT2D eigenvalue weighted by Gasteiger charge is 2.20. The number of fused-ring (bicyclic) bond motifs is 1. The van der Waals surface area contributed by atoms with Gasteiger partial charge in [-0.05, 0) is 29.1 Å². The van der Waals surface area contributed by atoms with Crippen LogP contribution in [0, 0.1) is 0 Å². The summed E-state index contributed by atoms with van der Waals surface area (Å²) in [4.78, 5) is 24.6. The summed E-state index contributed by atoms with van der Waals surface area (Å²) in [6, 6.07) is 4.75. The first kappa shape index (κ1) is 12.9. The minimum Gasteiger partial charge on any atom is -0.481 e. The molecule has 7 nitrogen and oxygen atoms in total. The van der Waals surface area contributed by atoms with Gasteiger partial charge in [-0.1, -0.05) is 17.2 Å². The highest BCUT2D eigenvalue weighted by Crippen LogP contribution is 2.30. The first-order chi connectivity index (χ1) is 9.10. The lowest BCUT2D eigenvalue weighted by Gasteiger charge is -2.11. The van der Waals surface area contributed by atoms with Gasteiger partial charge in [-0.2, -0.15) is 0 Å². The van der Waals surface area contributed by atoms with Crippen LogP contribution >= 0.6 is 0 Å². The predicted molar refractivity (Wildman–Crippen MR) is 67.5 cm³/mol. The fourth-order valence-corrected chi connectivity index (χ4v) is 2.07. The molecule has 0 aliphatic carbocycles. The van der Waals surface area contributed by atoms with Gasteiger partial charge in [0.2, 0.25) is 5.91 Å². The predicted octanol–water partition coefficient (Wildman–Crippen LogP) is 2.40. The Kier molecular flexibility index (Phi) is 3.68. The van der Waals surface area contributed by atoms with Crippen molar-refractivity contribution in [1.29, 1.82) is 0 Å². The molecule has 98 valence electrons. The van der Waals surface area contributed by atoms with Crippen molar-refractivity contribution < 1.29 is 14.7 Å². The molecule has 1 aliphatic rings. The summed E-state index contributed by atoms with van der Waals surface area (Å²) in [5.74, 6) is -1.01. The van der Waals surface area contributed by atoms with Gasteiger partial charge in [-0.3, -0.25) is 9.59 Å². The number of benzene rings is 1. The van der Waals surface area contributed by atoms with Gasteiger partial charge in [0.05, 0.1) is 12.5 Å². The van der Waals surface area contributed by atoms with Gasteiger partial charge in [-0.25, -0.2) is 0 Å². The van der Waals surface area contributed by atoms with E-state index in [0.29, 0.717) is 6.42 Å². The van der Waals surface area contributed by atoms with E-state index in [0.717, 1.165) is 16.8 Å². The molecule has 0 spiro atoms. The molecule has 0 radical (unpaired) electrons. The lowest BCUT2D eigenvalue weighted by atomic mass is 9.99. The number of amides is 1. The molecule has 2 N–H and O–H groups in total. The van der Waals surface area contributed by atoms with Crippen molar-refractivity contribution in [3.05, 3.63) is 39.8 Å². The normalized spacial score (nSPS) is 14.2. The number of hydrogen-bond acceptors (Lipinski definition) is 3. The standard InChI is InChI=1S/C12H12N4O3/c13-16-15-10(3-4-12(18)19)7-1-2-9-8(5-7)6-11(17)14-9/h1-2,5,10H,3-4,6H2,(H,14,17)(H,18,19). The van der Waals surface area contributed by atoms with Gasteiger partial charge >= 0.3 is 5.97 Å². The number of anilines is 1. The summed E-state index contributed by atoms with van der Waals surface area (Å²) >= 11 is 0. The number of carboxylic acid groups (broad SMARTS) is 1. The third kappa shape index (κ3) is 3.02. The third-order valence-corrected chi connectivity index (χ3v) is 2.96. The first-order valence-electron chi connectivity index (χ1n) is 5.79. The lowest BCUT2D eigenvalue weighted by Crippen LogP contribution is -2.03. The number of carbonyl (C=O) groups is 2. The summed E-state index contributed by atoms with van der Waals surface area (Å²) in [7, 11) is 0. The van der Waals surface area contributed by atoms with Crippen LogP contribution < -0.4 is 5.32 Å². The van der Waals surface area contributed by atoms with Crippen LogP contribution in [0.1, 0.15) is 30.0 Å². The third-order valence-electron chi connectivity index (χ3n) is 2.96. The Hall–Kier alpha value is -2.53. The van der Waals surface area contributed by atoms with Crippen LogP contribution in [0.2, 0.25) is 0 Å². The molecule has 1 heterocycles. The SMILES string of the molecule is [N-]=[N+]=NC(CCC(=O)O)c1ccc2c(c1)CC(=O)N2. The molecule has 0 fully saturated rings. The largest absolute Gasteiger partial charge is 0.481 e. The smallest absolute Gasteiger partial charge is 0.303 e. The zero-order valence-corrected chi connectivity index (χ0v) is 10.0. The average molecular weight is 260 g/mol. The molecule has 1 aliphatic heterocycles. The van der Waals surface area contributed by atoms with Crippen molar-refractivity contribution in [2.45, 2.75) is 25.3 Å². The molecule has 0 saturated heterocycles. The van der Waals surface area contributed by atoms with E-state index < -0.39 is 12.0 Å². The first-order valence-corrected chi connectivity index (χ1v) is 5.79. The van der Waals surface area contributed by atoms with E-state index >= 15 is 0 Å². The second-order valence-corrected chi connectivity index (χ2v) is 4.29. The Morgan fingerprint density at radius 2 is 2.37 bits per heavy atom. The van der Waals surface area contributed by atoms with Gasteiger partial charge in [0.1, 0.15) is 0 Å². The molecular weight excluding hydrogens is 248 g/mol. The van der Waals surface area contributed by atoms with Crippen molar-refractivity contribution in [3.63, 3.8) is 0 Å². The molecule has 1 aromatic carbocycles. The Morgan fingerprint density at radius 1 is 1.58 bits per heavy atom. The fraction of sp³-hybridized carbons (Fsp3) is 0.333. The van der Waals surface area contributed by atoms with Crippen LogP contribution in [0.4, 0.5) is 5.69 Å². The number of carbonyl (C=O) groups excluding carboxylic acids is 1. The van der Waals surface area contributed by atoms with Gasteiger partial charge in [-0.15, -0.1) is 0 Å². The van der Waals surface area contributed by atoms with Crippen molar-refractivity contribution >= 4 is 17.6 Å². The second-order valence-electron chi connectivity index (χ2n) is 4.29. The maximum Gasteiger partial charge on any atom is 0.303 e. The van der Waals surface area contributed by atoms with Crippen LogP contribution in [0.3, 0.4) is 0 Å². The van der Waals surface area contributed by atoms with E-state index in [1.54, 1.807) is 18.2 Å². The van der Waals surface area contributed by atoms with E-state index in [-0.39, 0.29) is 18.7 Å². The van der Waals surface area contributed by atoms with Gasteiger partial charge in [0.25, 0.3) is 0 Å². The average Bonchev–Trinajstić information content (AvgIpc) is 2.73. The van der Waals surface area contributed by atoms with E-state index in [9.17, 15) is 9.59 Å². The minimum atomic E-state index is -0.934. The summed E-state index contributed by atoms with van der Waals surface area (Å²) < 4.78 is 0. The topological polar surface area (TPSA) is 115 Å². The van der Waals surface area contributed by atoms with E-state index in [1.807, 2.05) is 0 Å². The quantitative estimate of drug-likeness (QED) is 0.481. The Labute approximate surface area is 108 Å². The highest BCUT2D eigenvalue weighted by atomic mass is 16.4.